The minimum absolute atomic E-state index is 0.0227. The lowest BCUT2D eigenvalue weighted by atomic mass is 10.00. The van der Waals surface area contributed by atoms with E-state index in [1.54, 1.807) is 0 Å². The van der Waals surface area contributed by atoms with Crippen LogP contribution in [-0.4, -0.2) is 30.5 Å². The highest BCUT2D eigenvalue weighted by atomic mass is 16.6. The molecule has 0 saturated carbocycles. The van der Waals surface area contributed by atoms with E-state index in [2.05, 4.69) is 10.6 Å². The minimum atomic E-state index is -0.665. The topological polar surface area (TPSA) is 97.4 Å². The van der Waals surface area contributed by atoms with Gasteiger partial charge in [0.1, 0.15) is 4.92 Å². The van der Waals surface area contributed by atoms with Crippen molar-refractivity contribution in [3.63, 3.8) is 0 Å². The normalized spacial score (nSPS) is 19.4. The second-order valence-electron chi connectivity index (χ2n) is 4.32. The molecule has 0 radical (unpaired) electrons. The fourth-order valence-corrected chi connectivity index (χ4v) is 1.97. The summed E-state index contributed by atoms with van der Waals surface area (Å²) < 4.78 is 4.82. The van der Waals surface area contributed by atoms with Gasteiger partial charge in [0.25, 0.3) is 5.91 Å². The van der Waals surface area contributed by atoms with Gasteiger partial charge in [-0.2, -0.15) is 0 Å². The first-order valence-corrected chi connectivity index (χ1v) is 5.90. The Bertz CT molecular complexity index is 437. The van der Waals surface area contributed by atoms with E-state index in [0.717, 1.165) is 25.9 Å². The van der Waals surface area contributed by atoms with Crippen LogP contribution in [0.25, 0.3) is 0 Å². The maximum Gasteiger partial charge on any atom is 0.433 e. The van der Waals surface area contributed by atoms with E-state index >= 15 is 0 Å². The molecule has 0 aromatic carbocycles. The number of nitro groups is 1. The zero-order chi connectivity index (χ0) is 13.0. The van der Waals surface area contributed by atoms with Crippen LogP contribution in [0.2, 0.25) is 0 Å². The monoisotopic (exact) mass is 253 g/mol. The van der Waals surface area contributed by atoms with Crippen LogP contribution in [-0.2, 0) is 0 Å². The van der Waals surface area contributed by atoms with Crippen molar-refractivity contribution < 1.29 is 14.1 Å². The van der Waals surface area contributed by atoms with Crippen molar-refractivity contribution in [2.24, 2.45) is 5.92 Å². The van der Waals surface area contributed by atoms with Gasteiger partial charge in [0.2, 0.25) is 0 Å². The summed E-state index contributed by atoms with van der Waals surface area (Å²) in [4.78, 5) is 21.4. The summed E-state index contributed by atoms with van der Waals surface area (Å²) in [6, 6.07) is 2.49. The van der Waals surface area contributed by atoms with Crippen LogP contribution < -0.4 is 10.6 Å². The number of piperidine rings is 1. The van der Waals surface area contributed by atoms with E-state index in [9.17, 15) is 14.9 Å². The molecule has 1 saturated heterocycles. The molecule has 7 nitrogen and oxygen atoms in total. The molecule has 1 atom stereocenters. The summed E-state index contributed by atoms with van der Waals surface area (Å²) >= 11 is 0. The molecule has 1 fully saturated rings. The number of nitrogens with one attached hydrogen (secondary N) is 2. The number of hydrogen-bond donors (Lipinski definition) is 2. The predicted octanol–water partition coefficient (Wildman–Crippen LogP) is 0.917. The largest absolute Gasteiger partial charge is 0.433 e. The summed E-state index contributed by atoms with van der Waals surface area (Å²) in [6.07, 6.45) is 2.18. The van der Waals surface area contributed by atoms with Gasteiger partial charge in [-0.3, -0.25) is 14.9 Å². The van der Waals surface area contributed by atoms with Gasteiger partial charge in [0, 0.05) is 6.54 Å². The van der Waals surface area contributed by atoms with Crippen molar-refractivity contribution in [3.05, 3.63) is 28.0 Å². The van der Waals surface area contributed by atoms with Gasteiger partial charge in [-0.25, -0.2) is 0 Å². The molecule has 18 heavy (non-hydrogen) atoms. The van der Waals surface area contributed by atoms with Gasteiger partial charge in [-0.05, 0) is 37.9 Å². The van der Waals surface area contributed by atoms with Crippen LogP contribution in [0.1, 0.15) is 23.4 Å². The molecule has 0 spiro atoms. The van der Waals surface area contributed by atoms with Gasteiger partial charge in [-0.15, -0.1) is 0 Å². The number of furan rings is 1. The van der Waals surface area contributed by atoms with Crippen LogP contribution >= 0.6 is 0 Å². The lowest BCUT2D eigenvalue weighted by Gasteiger charge is -2.22. The lowest BCUT2D eigenvalue weighted by Crippen LogP contribution is -2.38. The van der Waals surface area contributed by atoms with Crippen LogP contribution in [0.5, 0.6) is 0 Å². The zero-order valence-corrected chi connectivity index (χ0v) is 9.85. The number of hydrogen-bond acceptors (Lipinski definition) is 5. The maximum atomic E-state index is 11.7. The van der Waals surface area contributed by atoms with Crippen molar-refractivity contribution in [2.75, 3.05) is 19.6 Å². The van der Waals surface area contributed by atoms with Crippen molar-refractivity contribution in [2.45, 2.75) is 12.8 Å². The standard InChI is InChI=1S/C11H15N3O4/c15-11(9-3-4-10(18-9)14(16)17)13-7-8-2-1-5-12-6-8/h3-4,8,12H,1-2,5-7H2,(H,13,15). The fourth-order valence-electron chi connectivity index (χ4n) is 1.97. The quantitative estimate of drug-likeness (QED) is 0.614. The molecule has 2 rings (SSSR count). The molecule has 0 bridgehead atoms. The van der Waals surface area contributed by atoms with E-state index in [1.807, 2.05) is 0 Å². The molecule has 1 aromatic rings. The molecule has 1 aliphatic rings. The van der Waals surface area contributed by atoms with Gasteiger partial charge in [0.05, 0.1) is 6.07 Å². The van der Waals surface area contributed by atoms with Crippen LogP contribution in [0.3, 0.4) is 0 Å². The molecule has 2 N–H and O–H groups in total. The summed E-state index contributed by atoms with van der Waals surface area (Å²) in [7, 11) is 0. The van der Waals surface area contributed by atoms with Crippen molar-refractivity contribution in [1.29, 1.82) is 0 Å². The van der Waals surface area contributed by atoms with Gasteiger partial charge < -0.3 is 15.1 Å². The Labute approximate surface area is 104 Å². The smallest absolute Gasteiger partial charge is 0.395 e. The Morgan fingerprint density at radius 2 is 2.44 bits per heavy atom. The first-order chi connectivity index (χ1) is 8.66. The summed E-state index contributed by atoms with van der Waals surface area (Å²) in [5.74, 6) is -0.439. The molecule has 1 aliphatic heterocycles. The first kappa shape index (κ1) is 12.6. The summed E-state index contributed by atoms with van der Waals surface area (Å²) in [5, 5.41) is 16.4. The molecular weight excluding hydrogens is 238 g/mol. The van der Waals surface area contributed by atoms with E-state index < -0.39 is 16.7 Å². The number of amides is 1. The van der Waals surface area contributed by atoms with Crippen LogP contribution in [0.4, 0.5) is 5.88 Å². The van der Waals surface area contributed by atoms with E-state index in [4.69, 9.17) is 4.42 Å². The number of nitrogens with zero attached hydrogens (tertiary/aromatic N) is 1. The van der Waals surface area contributed by atoms with Crippen LogP contribution in [0.15, 0.2) is 16.5 Å². The third-order valence-corrected chi connectivity index (χ3v) is 2.95. The van der Waals surface area contributed by atoms with Crippen molar-refractivity contribution in [3.8, 4) is 0 Å². The van der Waals surface area contributed by atoms with Gasteiger partial charge in [-0.1, -0.05) is 0 Å². The molecular formula is C11H15N3O4. The average molecular weight is 253 g/mol. The average Bonchev–Trinajstić information content (AvgIpc) is 2.87. The second-order valence-corrected chi connectivity index (χ2v) is 4.32. The second kappa shape index (κ2) is 5.63. The summed E-state index contributed by atoms with van der Waals surface area (Å²) in [6.45, 7) is 2.47. The highest BCUT2D eigenvalue weighted by Crippen LogP contribution is 2.15. The molecule has 0 aliphatic carbocycles. The molecule has 7 heteroatoms. The van der Waals surface area contributed by atoms with Gasteiger partial charge >= 0.3 is 5.88 Å². The fraction of sp³-hybridized carbons (Fsp3) is 0.545. The Kier molecular flexibility index (Phi) is 3.93. The number of carbonyl (C=O) groups excluding carboxylic acids is 1. The summed E-state index contributed by atoms with van der Waals surface area (Å²) in [5.41, 5.74) is 0. The van der Waals surface area contributed by atoms with Crippen molar-refractivity contribution in [1.82, 2.24) is 10.6 Å². The molecule has 1 aromatic heterocycles. The lowest BCUT2D eigenvalue weighted by molar-refractivity contribution is -0.402. The first-order valence-electron chi connectivity index (χ1n) is 5.90. The minimum Gasteiger partial charge on any atom is -0.395 e. The Hall–Kier alpha value is -1.89. The number of carbonyl (C=O) groups is 1. The zero-order valence-electron chi connectivity index (χ0n) is 9.85. The third kappa shape index (κ3) is 3.07. The van der Waals surface area contributed by atoms with Gasteiger partial charge in [0.15, 0.2) is 5.76 Å². The SMILES string of the molecule is O=C(NCC1CCCNC1)c1ccc([N+](=O)[O-])o1. The molecule has 1 amide bonds. The highest BCUT2D eigenvalue weighted by Gasteiger charge is 2.19. The Balaban J connectivity index is 1.84. The molecule has 98 valence electrons. The maximum absolute atomic E-state index is 11.7. The van der Waals surface area contributed by atoms with Crippen molar-refractivity contribution >= 4 is 11.8 Å². The molecule has 1 unspecified atom stereocenters. The van der Waals surface area contributed by atoms with E-state index in [0.29, 0.717) is 12.5 Å². The van der Waals surface area contributed by atoms with E-state index in [1.165, 1.54) is 12.1 Å². The number of rotatable bonds is 4. The molecule has 2 heterocycles. The third-order valence-electron chi connectivity index (χ3n) is 2.95. The Morgan fingerprint density at radius 3 is 3.06 bits per heavy atom. The predicted molar refractivity (Wildman–Crippen MR) is 63.3 cm³/mol. The van der Waals surface area contributed by atoms with E-state index in [-0.39, 0.29) is 5.76 Å². The van der Waals surface area contributed by atoms with Crippen LogP contribution in [0, 0.1) is 16.0 Å². The Morgan fingerprint density at radius 1 is 1.61 bits per heavy atom. The highest BCUT2D eigenvalue weighted by molar-refractivity contribution is 5.91.